The Morgan fingerprint density at radius 3 is 2.43 bits per heavy atom. The van der Waals surface area contributed by atoms with E-state index in [2.05, 4.69) is 29.2 Å². The Bertz CT molecular complexity index is 644. The summed E-state index contributed by atoms with van der Waals surface area (Å²) in [6.07, 6.45) is 2.26. The molecular formula is C18H25N3O2. The van der Waals surface area contributed by atoms with Gasteiger partial charge < -0.3 is 9.80 Å². The van der Waals surface area contributed by atoms with Crippen LogP contribution >= 0.6 is 0 Å². The molecule has 1 saturated heterocycles. The number of rotatable bonds is 2. The third-order valence-corrected chi connectivity index (χ3v) is 5.28. The van der Waals surface area contributed by atoms with Gasteiger partial charge in [-0.15, -0.1) is 0 Å². The number of hydrogen-bond acceptors (Lipinski definition) is 4. The third-order valence-electron chi connectivity index (χ3n) is 5.28. The predicted octanol–water partition coefficient (Wildman–Crippen LogP) is 1.76. The van der Waals surface area contributed by atoms with Crippen LogP contribution in [0.15, 0.2) is 18.2 Å². The van der Waals surface area contributed by atoms with Crippen molar-refractivity contribution in [3.05, 3.63) is 29.3 Å². The Balaban J connectivity index is 1.88. The van der Waals surface area contributed by atoms with Crippen molar-refractivity contribution in [2.24, 2.45) is 0 Å². The molecule has 0 radical (unpaired) electrons. The highest BCUT2D eigenvalue weighted by Crippen LogP contribution is 2.34. The summed E-state index contributed by atoms with van der Waals surface area (Å²) in [6.45, 7) is 5.75. The standard InChI is InChI=1S/C18H25N3O2/c1-18(2)15-11-13(5-6-14(15)16(22)19-17(18)23)21-9-7-12(8-10-21)20(3)4/h5-6,11-12H,7-10H2,1-4H3,(H,19,22,23). The molecule has 2 aliphatic rings. The number of nitrogens with one attached hydrogen (secondary N) is 1. The zero-order chi connectivity index (χ0) is 16.8. The molecule has 1 N–H and O–H groups in total. The molecule has 2 aliphatic heterocycles. The molecule has 0 atom stereocenters. The predicted molar refractivity (Wildman–Crippen MR) is 90.9 cm³/mol. The van der Waals surface area contributed by atoms with Crippen molar-refractivity contribution >= 4 is 17.5 Å². The highest BCUT2D eigenvalue weighted by Gasteiger charge is 2.39. The average Bonchev–Trinajstić information content (AvgIpc) is 2.53. The van der Waals surface area contributed by atoms with E-state index in [-0.39, 0.29) is 11.8 Å². The van der Waals surface area contributed by atoms with Gasteiger partial charge in [-0.25, -0.2) is 0 Å². The Morgan fingerprint density at radius 2 is 1.83 bits per heavy atom. The first-order valence-corrected chi connectivity index (χ1v) is 8.22. The maximum atomic E-state index is 12.1. The van der Waals surface area contributed by atoms with Crippen molar-refractivity contribution in [1.29, 1.82) is 0 Å². The van der Waals surface area contributed by atoms with Gasteiger partial charge in [0.1, 0.15) is 0 Å². The second-order valence-electron chi connectivity index (χ2n) is 7.32. The first-order valence-electron chi connectivity index (χ1n) is 8.22. The SMILES string of the molecule is CN(C)C1CCN(c2ccc3c(c2)C(C)(C)C(=O)NC3=O)CC1. The number of hydrogen-bond donors (Lipinski definition) is 1. The van der Waals surface area contributed by atoms with Gasteiger partial charge in [-0.05, 0) is 64.5 Å². The van der Waals surface area contributed by atoms with E-state index in [9.17, 15) is 9.59 Å². The van der Waals surface area contributed by atoms with Crippen LogP contribution < -0.4 is 10.2 Å². The van der Waals surface area contributed by atoms with Gasteiger partial charge in [0.15, 0.2) is 0 Å². The molecule has 1 fully saturated rings. The molecule has 1 aromatic rings. The summed E-state index contributed by atoms with van der Waals surface area (Å²) >= 11 is 0. The number of anilines is 1. The summed E-state index contributed by atoms with van der Waals surface area (Å²) < 4.78 is 0. The Hall–Kier alpha value is -1.88. The highest BCUT2D eigenvalue weighted by atomic mass is 16.2. The largest absolute Gasteiger partial charge is 0.371 e. The van der Waals surface area contributed by atoms with E-state index in [0.717, 1.165) is 37.2 Å². The van der Waals surface area contributed by atoms with Crippen LogP contribution in [0.3, 0.4) is 0 Å². The smallest absolute Gasteiger partial charge is 0.258 e. The average molecular weight is 315 g/mol. The molecule has 0 unspecified atom stereocenters. The Kier molecular flexibility index (Phi) is 3.92. The minimum Gasteiger partial charge on any atom is -0.371 e. The summed E-state index contributed by atoms with van der Waals surface area (Å²) in [4.78, 5) is 28.8. The zero-order valence-corrected chi connectivity index (χ0v) is 14.3. The summed E-state index contributed by atoms with van der Waals surface area (Å²) in [7, 11) is 4.26. The van der Waals surface area contributed by atoms with Crippen LogP contribution in [0.25, 0.3) is 0 Å². The molecule has 2 amide bonds. The molecule has 0 saturated carbocycles. The number of amides is 2. The van der Waals surface area contributed by atoms with Gasteiger partial charge in [-0.2, -0.15) is 0 Å². The Morgan fingerprint density at radius 1 is 1.17 bits per heavy atom. The van der Waals surface area contributed by atoms with Crippen LogP contribution in [0.1, 0.15) is 42.6 Å². The molecule has 23 heavy (non-hydrogen) atoms. The van der Waals surface area contributed by atoms with Crippen molar-refractivity contribution in [3.8, 4) is 0 Å². The molecule has 5 heteroatoms. The molecule has 0 spiro atoms. The van der Waals surface area contributed by atoms with Gasteiger partial charge in [-0.3, -0.25) is 14.9 Å². The van der Waals surface area contributed by atoms with Crippen LogP contribution in [0.4, 0.5) is 5.69 Å². The van der Waals surface area contributed by atoms with Crippen LogP contribution in [0.2, 0.25) is 0 Å². The van der Waals surface area contributed by atoms with Crippen LogP contribution in [-0.4, -0.2) is 49.9 Å². The van der Waals surface area contributed by atoms with Gasteiger partial charge in [0, 0.05) is 30.4 Å². The molecule has 1 aromatic carbocycles. The van der Waals surface area contributed by atoms with Crippen LogP contribution in [0.5, 0.6) is 0 Å². The fourth-order valence-electron chi connectivity index (χ4n) is 3.53. The van der Waals surface area contributed by atoms with Gasteiger partial charge >= 0.3 is 0 Å². The second-order valence-corrected chi connectivity index (χ2v) is 7.32. The minimum absolute atomic E-state index is 0.224. The van der Waals surface area contributed by atoms with Crippen molar-refractivity contribution in [3.63, 3.8) is 0 Å². The normalized spacial score (nSPS) is 21.3. The van der Waals surface area contributed by atoms with Crippen LogP contribution in [-0.2, 0) is 10.2 Å². The molecule has 3 rings (SSSR count). The maximum absolute atomic E-state index is 12.1. The van der Waals surface area contributed by atoms with Gasteiger partial charge in [0.05, 0.1) is 5.41 Å². The Labute approximate surface area is 137 Å². The van der Waals surface area contributed by atoms with E-state index in [1.165, 1.54) is 0 Å². The second kappa shape index (κ2) is 5.64. The molecule has 124 valence electrons. The van der Waals surface area contributed by atoms with Gasteiger partial charge in [0.2, 0.25) is 5.91 Å². The first kappa shape index (κ1) is 16.0. The molecular weight excluding hydrogens is 290 g/mol. The molecule has 2 heterocycles. The number of imide groups is 1. The van der Waals surface area contributed by atoms with Crippen LogP contribution in [0, 0.1) is 0 Å². The lowest BCUT2D eigenvalue weighted by Gasteiger charge is -2.38. The highest BCUT2D eigenvalue weighted by molar-refractivity contribution is 6.13. The summed E-state index contributed by atoms with van der Waals surface area (Å²) in [5.41, 5.74) is 1.87. The zero-order valence-electron chi connectivity index (χ0n) is 14.3. The lowest BCUT2D eigenvalue weighted by atomic mass is 9.78. The molecule has 0 bridgehead atoms. The first-order chi connectivity index (χ1) is 10.8. The lowest BCUT2D eigenvalue weighted by Crippen LogP contribution is -2.49. The maximum Gasteiger partial charge on any atom is 0.258 e. The van der Waals surface area contributed by atoms with E-state index in [1.54, 1.807) is 0 Å². The molecule has 0 aliphatic carbocycles. The minimum atomic E-state index is -0.679. The van der Waals surface area contributed by atoms with E-state index in [1.807, 2.05) is 32.0 Å². The van der Waals surface area contributed by atoms with E-state index >= 15 is 0 Å². The van der Waals surface area contributed by atoms with Crippen molar-refractivity contribution in [1.82, 2.24) is 10.2 Å². The molecule has 5 nitrogen and oxygen atoms in total. The third kappa shape index (κ3) is 2.74. The molecule has 0 aromatic heterocycles. The fourth-order valence-corrected chi connectivity index (χ4v) is 3.53. The number of nitrogens with zero attached hydrogens (tertiary/aromatic N) is 2. The quantitative estimate of drug-likeness (QED) is 0.845. The summed E-state index contributed by atoms with van der Waals surface area (Å²) in [5.74, 6) is -0.513. The number of fused-ring (bicyclic) bond motifs is 1. The number of carbonyl (C=O) groups excluding carboxylic acids is 2. The van der Waals surface area contributed by atoms with E-state index in [0.29, 0.717) is 11.6 Å². The topological polar surface area (TPSA) is 52.6 Å². The summed E-state index contributed by atoms with van der Waals surface area (Å²) in [6, 6.07) is 6.52. The van der Waals surface area contributed by atoms with Crippen molar-refractivity contribution in [2.75, 3.05) is 32.1 Å². The number of carbonyl (C=O) groups is 2. The summed E-state index contributed by atoms with van der Waals surface area (Å²) in [5, 5.41) is 2.45. The van der Waals surface area contributed by atoms with Crippen molar-refractivity contribution in [2.45, 2.75) is 38.1 Å². The van der Waals surface area contributed by atoms with E-state index < -0.39 is 5.41 Å². The van der Waals surface area contributed by atoms with Gasteiger partial charge in [-0.1, -0.05) is 0 Å². The number of piperidine rings is 1. The monoisotopic (exact) mass is 315 g/mol. The fraction of sp³-hybridized carbons (Fsp3) is 0.556. The number of benzene rings is 1. The van der Waals surface area contributed by atoms with Crippen molar-refractivity contribution < 1.29 is 9.59 Å². The van der Waals surface area contributed by atoms with E-state index in [4.69, 9.17) is 0 Å². The lowest BCUT2D eigenvalue weighted by molar-refractivity contribution is -0.125. The van der Waals surface area contributed by atoms with Gasteiger partial charge in [0.25, 0.3) is 5.91 Å².